The van der Waals surface area contributed by atoms with E-state index in [1.54, 1.807) is 6.07 Å². The van der Waals surface area contributed by atoms with Crippen molar-refractivity contribution < 1.29 is 13.2 Å². The largest absolute Gasteiger partial charge is 0.417 e. The van der Waals surface area contributed by atoms with Gasteiger partial charge in [0.25, 0.3) is 0 Å². The fourth-order valence-corrected chi connectivity index (χ4v) is 3.95. The van der Waals surface area contributed by atoms with Crippen LogP contribution in [0.1, 0.15) is 22.7 Å². The average Bonchev–Trinajstić information content (AvgIpc) is 3.03. The van der Waals surface area contributed by atoms with Gasteiger partial charge in [-0.05, 0) is 34.0 Å². The molecule has 3 rings (SSSR count). The van der Waals surface area contributed by atoms with Gasteiger partial charge in [0.2, 0.25) is 0 Å². The monoisotopic (exact) mass is 396 g/mol. The molecule has 1 atom stereocenters. The predicted molar refractivity (Wildman–Crippen MR) is 94.3 cm³/mol. The Morgan fingerprint density at radius 1 is 1.17 bits per heavy atom. The molecule has 1 aliphatic heterocycles. The summed E-state index contributed by atoms with van der Waals surface area (Å²) in [6.07, 6.45) is -4.45. The smallest absolute Gasteiger partial charge is 0.314 e. The summed E-state index contributed by atoms with van der Waals surface area (Å²) in [5.41, 5.74) is 0.729. The van der Waals surface area contributed by atoms with E-state index in [1.165, 1.54) is 17.4 Å². The predicted octanol–water partition coefficient (Wildman–Crippen LogP) is 4.84. The topological polar surface area (TPSA) is 15.3 Å². The van der Waals surface area contributed by atoms with Gasteiger partial charge in [0.05, 0.1) is 16.6 Å². The van der Waals surface area contributed by atoms with Crippen molar-refractivity contribution in [1.82, 2.24) is 10.2 Å². The first-order chi connectivity index (χ1) is 11.0. The van der Waals surface area contributed by atoms with Crippen LogP contribution in [-0.2, 0) is 6.18 Å². The summed E-state index contributed by atoms with van der Waals surface area (Å²) in [5.74, 6) is 0. The molecular formula is C16H17Cl2F3N2S. The van der Waals surface area contributed by atoms with Crippen molar-refractivity contribution in [1.29, 1.82) is 0 Å². The van der Waals surface area contributed by atoms with Crippen molar-refractivity contribution >= 4 is 35.3 Å². The summed E-state index contributed by atoms with van der Waals surface area (Å²) >= 11 is 7.70. The first kappa shape index (κ1) is 19.5. The van der Waals surface area contributed by atoms with Crippen LogP contribution in [0.4, 0.5) is 13.2 Å². The van der Waals surface area contributed by atoms with Crippen LogP contribution < -0.4 is 5.32 Å². The number of nitrogens with one attached hydrogen (secondary N) is 1. The lowest BCUT2D eigenvalue weighted by Gasteiger charge is -2.35. The van der Waals surface area contributed by atoms with Crippen molar-refractivity contribution in [2.75, 3.05) is 26.2 Å². The highest BCUT2D eigenvalue weighted by molar-refractivity contribution is 7.08. The maximum absolute atomic E-state index is 13.2. The third-order valence-electron chi connectivity index (χ3n) is 4.00. The molecule has 1 N–H and O–H groups in total. The van der Waals surface area contributed by atoms with Gasteiger partial charge in [-0.2, -0.15) is 24.5 Å². The highest BCUT2D eigenvalue weighted by Gasteiger charge is 2.36. The molecule has 0 amide bonds. The second kappa shape index (κ2) is 8.06. The van der Waals surface area contributed by atoms with Crippen LogP contribution in [0.5, 0.6) is 0 Å². The molecule has 1 fully saturated rings. The molecule has 0 radical (unpaired) electrons. The van der Waals surface area contributed by atoms with Gasteiger partial charge in [-0.15, -0.1) is 12.4 Å². The Morgan fingerprint density at radius 3 is 2.46 bits per heavy atom. The van der Waals surface area contributed by atoms with Gasteiger partial charge in [0.1, 0.15) is 0 Å². The van der Waals surface area contributed by atoms with Gasteiger partial charge in [0, 0.05) is 26.2 Å². The quantitative estimate of drug-likeness (QED) is 0.798. The van der Waals surface area contributed by atoms with Crippen LogP contribution >= 0.6 is 35.3 Å². The normalized spacial score (nSPS) is 17.3. The summed E-state index contributed by atoms with van der Waals surface area (Å²) in [7, 11) is 0. The number of rotatable bonds is 3. The van der Waals surface area contributed by atoms with Gasteiger partial charge < -0.3 is 5.32 Å². The number of alkyl halides is 3. The molecule has 0 spiro atoms. The van der Waals surface area contributed by atoms with Crippen LogP contribution in [0.2, 0.25) is 5.02 Å². The van der Waals surface area contributed by atoms with Crippen molar-refractivity contribution in [3.63, 3.8) is 0 Å². The molecule has 1 aromatic heterocycles. The Bertz CT molecular complexity index is 656. The molecule has 8 heteroatoms. The number of nitrogens with zero attached hydrogens (tertiary/aromatic N) is 1. The number of hydrogen-bond donors (Lipinski definition) is 1. The number of benzene rings is 1. The van der Waals surface area contributed by atoms with E-state index in [0.29, 0.717) is 5.56 Å². The maximum Gasteiger partial charge on any atom is 0.417 e. The van der Waals surface area contributed by atoms with Gasteiger partial charge >= 0.3 is 6.18 Å². The van der Waals surface area contributed by atoms with E-state index in [4.69, 9.17) is 11.6 Å². The lowest BCUT2D eigenvalue weighted by Crippen LogP contribution is -2.45. The summed E-state index contributed by atoms with van der Waals surface area (Å²) in [6.45, 7) is 3.18. The number of piperazine rings is 1. The van der Waals surface area contributed by atoms with Gasteiger partial charge in [-0.25, -0.2) is 0 Å². The first-order valence-corrected chi connectivity index (χ1v) is 8.63. The maximum atomic E-state index is 13.2. The fourth-order valence-electron chi connectivity index (χ4n) is 2.94. The van der Waals surface area contributed by atoms with Crippen LogP contribution in [0.3, 0.4) is 0 Å². The van der Waals surface area contributed by atoms with Gasteiger partial charge in [-0.3, -0.25) is 4.90 Å². The van der Waals surface area contributed by atoms with Crippen LogP contribution in [-0.4, -0.2) is 31.1 Å². The second-order valence-electron chi connectivity index (χ2n) is 5.45. The SMILES string of the molecule is Cl.FC(F)(F)c1cccc([C@@H](c2ccsc2)N2CCNCC2)c1Cl. The highest BCUT2D eigenvalue weighted by Crippen LogP contribution is 2.41. The van der Waals surface area contributed by atoms with Crippen molar-refractivity contribution in [3.05, 3.63) is 56.7 Å². The van der Waals surface area contributed by atoms with E-state index in [-0.39, 0.29) is 23.5 Å². The molecule has 0 unspecified atom stereocenters. The van der Waals surface area contributed by atoms with E-state index >= 15 is 0 Å². The molecule has 24 heavy (non-hydrogen) atoms. The standard InChI is InChI=1S/C16H16ClF3N2S.ClH/c17-14-12(2-1-3-13(14)16(18,19)20)15(11-4-9-23-10-11)22-7-5-21-6-8-22;/h1-4,9-10,15,21H,5-8H2;1H/t15-;/m1./s1. The molecule has 2 heterocycles. The van der Waals surface area contributed by atoms with Crippen LogP contribution in [0.25, 0.3) is 0 Å². The van der Waals surface area contributed by atoms with Crippen LogP contribution in [0.15, 0.2) is 35.0 Å². The number of hydrogen-bond acceptors (Lipinski definition) is 3. The van der Waals surface area contributed by atoms with E-state index in [0.717, 1.165) is 37.8 Å². The lowest BCUT2D eigenvalue weighted by molar-refractivity contribution is -0.137. The second-order valence-corrected chi connectivity index (χ2v) is 6.61. The zero-order valence-electron chi connectivity index (χ0n) is 12.6. The molecule has 132 valence electrons. The van der Waals surface area contributed by atoms with Crippen molar-refractivity contribution in [3.8, 4) is 0 Å². The summed E-state index contributed by atoms with van der Waals surface area (Å²) in [6, 6.07) is 5.87. The Labute approximate surface area is 154 Å². The third-order valence-corrected chi connectivity index (χ3v) is 5.13. The van der Waals surface area contributed by atoms with Gasteiger partial charge in [-0.1, -0.05) is 23.7 Å². The van der Waals surface area contributed by atoms with Crippen molar-refractivity contribution in [2.24, 2.45) is 0 Å². The molecule has 1 aromatic carbocycles. The van der Waals surface area contributed by atoms with Crippen LogP contribution in [0, 0.1) is 0 Å². The molecule has 2 aromatic rings. The zero-order valence-corrected chi connectivity index (χ0v) is 15.0. The average molecular weight is 397 g/mol. The van der Waals surface area contributed by atoms with E-state index in [2.05, 4.69) is 10.2 Å². The fraction of sp³-hybridized carbons (Fsp3) is 0.375. The van der Waals surface area contributed by atoms with Gasteiger partial charge in [0.15, 0.2) is 0 Å². The number of thiophene rings is 1. The van der Waals surface area contributed by atoms with Crippen molar-refractivity contribution in [2.45, 2.75) is 12.2 Å². The third kappa shape index (κ3) is 4.06. The molecular weight excluding hydrogens is 380 g/mol. The lowest BCUT2D eigenvalue weighted by atomic mass is 9.96. The first-order valence-electron chi connectivity index (χ1n) is 7.31. The Morgan fingerprint density at radius 2 is 1.88 bits per heavy atom. The Hall–Kier alpha value is -0.790. The minimum Gasteiger partial charge on any atom is -0.314 e. The molecule has 0 saturated carbocycles. The molecule has 1 aliphatic rings. The zero-order chi connectivity index (χ0) is 16.4. The summed E-state index contributed by atoms with van der Waals surface area (Å²) in [4.78, 5) is 2.18. The molecule has 2 nitrogen and oxygen atoms in total. The minimum atomic E-state index is -4.45. The van der Waals surface area contributed by atoms with E-state index in [1.807, 2.05) is 16.8 Å². The Balaban J connectivity index is 0.00000208. The molecule has 0 bridgehead atoms. The van der Waals surface area contributed by atoms with E-state index < -0.39 is 11.7 Å². The summed E-state index contributed by atoms with van der Waals surface area (Å²) < 4.78 is 39.5. The minimum absolute atomic E-state index is 0. The molecule has 1 saturated heterocycles. The highest BCUT2D eigenvalue weighted by atomic mass is 35.5. The Kier molecular flexibility index (Phi) is 6.56. The summed E-state index contributed by atoms with van der Waals surface area (Å²) in [5, 5.41) is 6.98. The molecule has 0 aliphatic carbocycles. The van der Waals surface area contributed by atoms with E-state index in [9.17, 15) is 13.2 Å². The number of halogens is 5.